The van der Waals surface area contributed by atoms with E-state index in [0.717, 1.165) is 19.5 Å². The van der Waals surface area contributed by atoms with Gasteiger partial charge < -0.3 is 19.7 Å². The van der Waals surface area contributed by atoms with Crippen LogP contribution >= 0.6 is 0 Å². The number of methoxy groups -OCH3 is 2. The van der Waals surface area contributed by atoms with E-state index in [-0.39, 0.29) is 5.91 Å². The van der Waals surface area contributed by atoms with Crippen LogP contribution in [0.2, 0.25) is 0 Å². The molecule has 1 rings (SSSR count). The molecular weight excluding hydrogens is 220 g/mol. The van der Waals surface area contributed by atoms with Gasteiger partial charge in [0.1, 0.15) is 0 Å². The van der Waals surface area contributed by atoms with E-state index in [1.54, 1.807) is 14.2 Å². The zero-order valence-corrected chi connectivity index (χ0v) is 10.9. The Kier molecular flexibility index (Phi) is 7.16. The number of hydrogen-bond donors (Lipinski definition) is 1. The highest BCUT2D eigenvalue weighted by atomic mass is 16.5. The van der Waals surface area contributed by atoms with Gasteiger partial charge in [0.15, 0.2) is 0 Å². The van der Waals surface area contributed by atoms with E-state index in [1.807, 2.05) is 4.90 Å². The van der Waals surface area contributed by atoms with E-state index in [4.69, 9.17) is 9.47 Å². The molecule has 1 saturated heterocycles. The minimum Gasteiger partial charge on any atom is -0.384 e. The first-order chi connectivity index (χ1) is 8.27. The van der Waals surface area contributed by atoms with Crippen LogP contribution in [-0.4, -0.2) is 63.9 Å². The second kappa shape index (κ2) is 8.44. The van der Waals surface area contributed by atoms with Gasteiger partial charge in [-0.2, -0.15) is 0 Å². The summed E-state index contributed by atoms with van der Waals surface area (Å²) in [7, 11) is 3.27. The first-order valence-corrected chi connectivity index (χ1v) is 6.27. The minimum atomic E-state index is 0.151. The summed E-state index contributed by atoms with van der Waals surface area (Å²) in [5.41, 5.74) is 0. The normalized spacial score (nSPS) is 19.5. The standard InChI is InChI=1S/C12H24N2O3/c1-16-8-5-12(15)14(7-9-17-2)10-11-4-3-6-13-11/h11,13H,3-10H2,1-2H3. The van der Waals surface area contributed by atoms with Crippen molar-refractivity contribution in [1.29, 1.82) is 0 Å². The van der Waals surface area contributed by atoms with Crippen LogP contribution in [0, 0.1) is 0 Å². The average molecular weight is 244 g/mol. The summed E-state index contributed by atoms with van der Waals surface area (Å²) in [6, 6.07) is 0.443. The highest BCUT2D eigenvalue weighted by molar-refractivity contribution is 5.76. The first-order valence-electron chi connectivity index (χ1n) is 6.27. The number of carbonyl (C=O) groups is 1. The second-order valence-electron chi connectivity index (χ2n) is 4.37. The largest absolute Gasteiger partial charge is 0.384 e. The number of hydrogen-bond acceptors (Lipinski definition) is 4. The van der Waals surface area contributed by atoms with Crippen molar-refractivity contribution in [3.63, 3.8) is 0 Å². The molecule has 0 aromatic heterocycles. The molecule has 0 spiro atoms. The zero-order valence-electron chi connectivity index (χ0n) is 10.9. The predicted molar refractivity (Wildman–Crippen MR) is 66.0 cm³/mol. The van der Waals surface area contributed by atoms with Gasteiger partial charge >= 0.3 is 0 Å². The maximum atomic E-state index is 12.0. The maximum Gasteiger partial charge on any atom is 0.225 e. The highest BCUT2D eigenvalue weighted by Crippen LogP contribution is 2.08. The zero-order chi connectivity index (χ0) is 12.5. The molecule has 1 atom stereocenters. The number of ether oxygens (including phenoxy) is 2. The van der Waals surface area contributed by atoms with E-state index in [0.29, 0.717) is 32.2 Å². The molecule has 1 amide bonds. The highest BCUT2D eigenvalue weighted by Gasteiger charge is 2.20. The van der Waals surface area contributed by atoms with Gasteiger partial charge in [-0.25, -0.2) is 0 Å². The molecule has 5 heteroatoms. The average Bonchev–Trinajstić information content (AvgIpc) is 2.84. The van der Waals surface area contributed by atoms with Crippen LogP contribution in [-0.2, 0) is 14.3 Å². The van der Waals surface area contributed by atoms with Crippen molar-refractivity contribution in [2.45, 2.75) is 25.3 Å². The summed E-state index contributed by atoms with van der Waals surface area (Å²) < 4.78 is 9.99. The molecule has 100 valence electrons. The lowest BCUT2D eigenvalue weighted by molar-refractivity contribution is -0.133. The number of nitrogens with zero attached hydrogens (tertiary/aromatic N) is 1. The van der Waals surface area contributed by atoms with Gasteiger partial charge in [0.05, 0.1) is 19.6 Å². The molecule has 1 aliphatic heterocycles. The van der Waals surface area contributed by atoms with Gasteiger partial charge in [0.2, 0.25) is 5.91 Å². The lowest BCUT2D eigenvalue weighted by atomic mass is 10.2. The van der Waals surface area contributed by atoms with Crippen LogP contribution in [0.15, 0.2) is 0 Å². The molecule has 17 heavy (non-hydrogen) atoms. The topological polar surface area (TPSA) is 50.8 Å². The minimum absolute atomic E-state index is 0.151. The lowest BCUT2D eigenvalue weighted by Gasteiger charge is -2.25. The Morgan fingerprint density at radius 2 is 2.12 bits per heavy atom. The fourth-order valence-corrected chi connectivity index (χ4v) is 2.05. The Morgan fingerprint density at radius 1 is 1.35 bits per heavy atom. The van der Waals surface area contributed by atoms with E-state index >= 15 is 0 Å². The van der Waals surface area contributed by atoms with Crippen LogP contribution in [0.3, 0.4) is 0 Å². The van der Waals surface area contributed by atoms with Crippen molar-refractivity contribution in [3.8, 4) is 0 Å². The quantitative estimate of drug-likeness (QED) is 0.665. The third-order valence-corrected chi connectivity index (χ3v) is 3.04. The summed E-state index contributed by atoms with van der Waals surface area (Å²) in [5.74, 6) is 0.151. The third-order valence-electron chi connectivity index (χ3n) is 3.04. The predicted octanol–water partition coefficient (Wildman–Crippen LogP) is 0.250. The Bertz CT molecular complexity index is 218. The van der Waals surface area contributed by atoms with Crippen LogP contribution < -0.4 is 5.32 Å². The maximum absolute atomic E-state index is 12.0. The van der Waals surface area contributed by atoms with Gasteiger partial charge in [-0.05, 0) is 19.4 Å². The van der Waals surface area contributed by atoms with Crippen molar-refractivity contribution >= 4 is 5.91 Å². The van der Waals surface area contributed by atoms with Crippen molar-refractivity contribution in [2.24, 2.45) is 0 Å². The summed E-state index contributed by atoms with van der Waals surface area (Å²) >= 11 is 0. The Morgan fingerprint density at radius 3 is 2.71 bits per heavy atom. The summed E-state index contributed by atoms with van der Waals surface area (Å²) in [6.45, 7) is 3.59. The van der Waals surface area contributed by atoms with Gasteiger partial charge in [-0.15, -0.1) is 0 Å². The molecule has 1 fully saturated rings. The molecule has 1 aliphatic rings. The van der Waals surface area contributed by atoms with E-state index < -0.39 is 0 Å². The molecule has 0 radical (unpaired) electrons. The first kappa shape index (κ1) is 14.4. The fourth-order valence-electron chi connectivity index (χ4n) is 2.05. The lowest BCUT2D eigenvalue weighted by Crippen LogP contribution is -2.42. The summed E-state index contributed by atoms with van der Waals surface area (Å²) in [4.78, 5) is 13.8. The smallest absolute Gasteiger partial charge is 0.225 e. The molecule has 0 bridgehead atoms. The Hall–Kier alpha value is -0.650. The van der Waals surface area contributed by atoms with E-state index in [1.165, 1.54) is 6.42 Å². The van der Waals surface area contributed by atoms with Crippen molar-refractivity contribution in [3.05, 3.63) is 0 Å². The molecule has 5 nitrogen and oxygen atoms in total. The number of carbonyl (C=O) groups excluding carboxylic acids is 1. The summed E-state index contributed by atoms with van der Waals surface area (Å²) in [6.07, 6.45) is 2.81. The van der Waals surface area contributed by atoms with Gasteiger partial charge in [0, 0.05) is 33.4 Å². The molecule has 0 saturated carbocycles. The molecule has 1 unspecified atom stereocenters. The summed E-state index contributed by atoms with van der Waals surface area (Å²) in [5, 5.41) is 3.41. The van der Waals surface area contributed by atoms with E-state index in [2.05, 4.69) is 5.32 Å². The molecule has 1 N–H and O–H groups in total. The van der Waals surface area contributed by atoms with Gasteiger partial charge in [0.25, 0.3) is 0 Å². The third kappa shape index (κ3) is 5.48. The molecule has 0 aliphatic carbocycles. The van der Waals surface area contributed by atoms with Crippen molar-refractivity contribution < 1.29 is 14.3 Å². The van der Waals surface area contributed by atoms with Crippen LogP contribution in [0.4, 0.5) is 0 Å². The number of nitrogens with one attached hydrogen (secondary N) is 1. The molecule has 0 aromatic carbocycles. The SMILES string of the molecule is COCCC(=O)N(CCOC)CC1CCCN1. The van der Waals surface area contributed by atoms with Crippen LogP contribution in [0.5, 0.6) is 0 Å². The molecule has 0 aromatic rings. The van der Waals surface area contributed by atoms with Gasteiger partial charge in [-0.3, -0.25) is 4.79 Å². The molecular formula is C12H24N2O3. The molecule has 1 heterocycles. The van der Waals surface area contributed by atoms with Crippen LogP contribution in [0.1, 0.15) is 19.3 Å². The monoisotopic (exact) mass is 244 g/mol. The fraction of sp³-hybridized carbons (Fsp3) is 0.917. The van der Waals surface area contributed by atoms with Crippen molar-refractivity contribution in [2.75, 3.05) is 47.1 Å². The van der Waals surface area contributed by atoms with Gasteiger partial charge in [-0.1, -0.05) is 0 Å². The Balaban J connectivity index is 2.37. The van der Waals surface area contributed by atoms with Crippen molar-refractivity contribution in [1.82, 2.24) is 10.2 Å². The second-order valence-corrected chi connectivity index (χ2v) is 4.37. The number of amides is 1. The van der Waals surface area contributed by atoms with E-state index in [9.17, 15) is 4.79 Å². The Labute approximate surface area is 103 Å². The van der Waals surface area contributed by atoms with Crippen LogP contribution in [0.25, 0.3) is 0 Å². The number of rotatable bonds is 8.